The predicted molar refractivity (Wildman–Crippen MR) is 250 cm³/mol. The molecule has 2 aromatic heterocycles. The third-order valence-electron chi connectivity index (χ3n) is 11.6. The second kappa shape index (κ2) is 14.2. The van der Waals surface area contributed by atoms with Gasteiger partial charge in [0.25, 0.3) is 0 Å². The molecule has 11 rings (SSSR count). The normalized spacial score (nSPS) is 11.8. The van der Waals surface area contributed by atoms with Crippen molar-refractivity contribution in [2.75, 3.05) is 4.90 Å². The summed E-state index contributed by atoms with van der Waals surface area (Å²) in [6.45, 7) is 0. The highest BCUT2D eigenvalue weighted by Crippen LogP contribution is 2.48. The Kier molecular flexibility index (Phi) is 8.39. The molecular weight excluding hydrogens is 739 g/mol. The lowest BCUT2D eigenvalue weighted by Gasteiger charge is -2.34. The van der Waals surface area contributed by atoms with Crippen LogP contribution in [0.5, 0.6) is 0 Å². The molecule has 2 heterocycles. The van der Waals surface area contributed by atoms with Gasteiger partial charge in [-0.1, -0.05) is 170 Å². The van der Waals surface area contributed by atoms with E-state index in [4.69, 9.17) is 4.42 Å². The second-order valence-electron chi connectivity index (χ2n) is 14.8. The maximum absolute atomic E-state index is 6.64. The fraction of sp³-hybridized carbons (Fsp3) is 0. The molecule has 0 saturated heterocycles. The number of thiophene rings is 1. The van der Waals surface area contributed by atoms with Gasteiger partial charge in [-0.05, 0) is 86.5 Å². The molecule has 0 unspecified atom stereocenters. The van der Waals surface area contributed by atoms with Crippen molar-refractivity contribution in [3.05, 3.63) is 224 Å². The van der Waals surface area contributed by atoms with Crippen molar-refractivity contribution < 1.29 is 4.42 Å². The smallest absolute Gasteiger partial charge is 0.179 e. The molecule has 274 valence electrons. The number of anilines is 3. The van der Waals surface area contributed by atoms with Gasteiger partial charge in [-0.2, -0.15) is 0 Å². The zero-order valence-electron chi connectivity index (χ0n) is 31.6. The first-order valence-electron chi connectivity index (χ1n) is 19.8. The quantitative estimate of drug-likeness (QED) is 0.113. The molecule has 0 fully saturated rings. The lowest BCUT2D eigenvalue weighted by Crippen LogP contribution is -2.74. The summed E-state index contributed by atoms with van der Waals surface area (Å²) in [6, 6.07) is 81.9. The molecule has 0 amide bonds. The molecule has 0 aliphatic carbocycles. The van der Waals surface area contributed by atoms with E-state index in [0.29, 0.717) is 0 Å². The van der Waals surface area contributed by atoms with E-state index < -0.39 is 8.07 Å². The molecule has 0 saturated carbocycles. The molecule has 11 aromatic rings. The van der Waals surface area contributed by atoms with Gasteiger partial charge in [-0.15, -0.1) is 11.3 Å². The van der Waals surface area contributed by atoms with Gasteiger partial charge in [0, 0.05) is 42.3 Å². The summed E-state index contributed by atoms with van der Waals surface area (Å²) in [6.07, 6.45) is 0. The highest BCUT2D eigenvalue weighted by Gasteiger charge is 2.41. The number of furan rings is 1. The molecule has 0 bridgehead atoms. The third-order valence-corrected chi connectivity index (χ3v) is 17.6. The van der Waals surface area contributed by atoms with Gasteiger partial charge in [0.2, 0.25) is 0 Å². The van der Waals surface area contributed by atoms with Gasteiger partial charge in [-0.25, -0.2) is 0 Å². The Labute approximate surface area is 342 Å². The van der Waals surface area contributed by atoms with E-state index in [0.717, 1.165) is 39.0 Å². The molecule has 4 heteroatoms. The summed E-state index contributed by atoms with van der Waals surface area (Å²) in [5.74, 6) is 0. The van der Waals surface area contributed by atoms with Crippen LogP contribution in [0.3, 0.4) is 0 Å². The van der Waals surface area contributed by atoms with Crippen LogP contribution in [-0.2, 0) is 0 Å². The number of hydrogen-bond acceptors (Lipinski definition) is 3. The molecule has 0 radical (unpaired) electrons. The standard InChI is InChI=1S/C54H37NOSSi/c1-5-16-40(17-6-1)55(48-25-15-27-50-52(48)53-51(57-50)37-36-47-46-24-13-14-26-49(46)56-54(47)53)41-32-28-38(29-33-41)39-30-34-45(35-31-39)58(42-18-7-2-8-19-42,43-20-9-3-10-21-43)44-22-11-4-12-23-44/h1-37H. The molecule has 0 aliphatic rings. The summed E-state index contributed by atoms with van der Waals surface area (Å²) >= 11 is 1.82. The van der Waals surface area contributed by atoms with Crippen molar-refractivity contribution in [1.82, 2.24) is 0 Å². The van der Waals surface area contributed by atoms with E-state index in [2.05, 4.69) is 223 Å². The van der Waals surface area contributed by atoms with E-state index in [9.17, 15) is 0 Å². The molecule has 0 aliphatic heterocycles. The highest BCUT2D eigenvalue weighted by atomic mass is 32.1. The molecule has 0 spiro atoms. The Bertz CT molecular complexity index is 3100. The monoisotopic (exact) mass is 775 g/mol. The minimum atomic E-state index is -2.60. The van der Waals surface area contributed by atoms with Gasteiger partial charge >= 0.3 is 0 Å². The fourth-order valence-electron chi connectivity index (χ4n) is 9.04. The van der Waals surface area contributed by atoms with Gasteiger partial charge in [0.15, 0.2) is 8.07 Å². The second-order valence-corrected chi connectivity index (χ2v) is 19.7. The van der Waals surface area contributed by atoms with Crippen LogP contribution >= 0.6 is 11.3 Å². The van der Waals surface area contributed by atoms with Gasteiger partial charge in [0.05, 0.1) is 5.69 Å². The van der Waals surface area contributed by atoms with Crippen LogP contribution in [-0.4, -0.2) is 8.07 Å². The average molecular weight is 776 g/mol. The SMILES string of the molecule is c1ccc(N(c2ccc(-c3ccc([Si](c4ccccc4)(c4ccccc4)c4ccccc4)cc3)cc2)c2cccc3sc4ccc5c6ccccc6oc5c4c23)cc1. The van der Waals surface area contributed by atoms with Gasteiger partial charge in [-0.3, -0.25) is 0 Å². The Balaban J connectivity index is 1.03. The zero-order valence-corrected chi connectivity index (χ0v) is 33.4. The molecule has 0 atom stereocenters. The van der Waals surface area contributed by atoms with Crippen molar-refractivity contribution in [1.29, 1.82) is 0 Å². The summed E-state index contributed by atoms with van der Waals surface area (Å²) in [5, 5.41) is 10.2. The summed E-state index contributed by atoms with van der Waals surface area (Å²) < 4.78 is 9.10. The highest BCUT2D eigenvalue weighted by molar-refractivity contribution is 7.26. The molecular formula is C54H37NOSSi. The van der Waals surface area contributed by atoms with E-state index in [1.54, 1.807) is 0 Å². The third kappa shape index (κ3) is 5.53. The zero-order chi connectivity index (χ0) is 38.5. The average Bonchev–Trinajstić information content (AvgIpc) is 3.88. The van der Waals surface area contributed by atoms with Crippen LogP contribution in [0.15, 0.2) is 229 Å². The summed E-state index contributed by atoms with van der Waals surface area (Å²) in [5.41, 5.74) is 7.56. The minimum Gasteiger partial charge on any atom is -0.455 e. The maximum Gasteiger partial charge on any atom is 0.179 e. The van der Waals surface area contributed by atoms with Gasteiger partial charge < -0.3 is 9.32 Å². The fourth-order valence-corrected chi connectivity index (χ4v) is 14.9. The number of nitrogens with zero attached hydrogens (tertiary/aromatic N) is 1. The maximum atomic E-state index is 6.64. The van der Waals surface area contributed by atoms with E-state index in [-0.39, 0.29) is 0 Å². The van der Waals surface area contributed by atoms with Crippen LogP contribution in [0.4, 0.5) is 17.1 Å². The first kappa shape index (κ1) is 34.3. The van der Waals surface area contributed by atoms with Gasteiger partial charge in [0.1, 0.15) is 11.2 Å². The topological polar surface area (TPSA) is 16.4 Å². The first-order valence-corrected chi connectivity index (χ1v) is 22.6. The number of rotatable bonds is 8. The molecule has 2 nitrogen and oxygen atoms in total. The van der Waals surface area contributed by atoms with Crippen molar-refractivity contribution in [3.63, 3.8) is 0 Å². The van der Waals surface area contributed by atoms with Crippen molar-refractivity contribution in [3.8, 4) is 11.1 Å². The van der Waals surface area contributed by atoms with Crippen molar-refractivity contribution >= 4 is 99.3 Å². The lowest BCUT2D eigenvalue weighted by molar-refractivity contribution is 0.673. The lowest BCUT2D eigenvalue weighted by atomic mass is 10.0. The summed E-state index contributed by atoms with van der Waals surface area (Å²) in [7, 11) is -2.60. The largest absolute Gasteiger partial charge is 0.455 e. The van der Waals surface area contributed by atoms with Crippen LogP contribution in [0.25, 0.3) is 53.2 Å². The first-order chi connectivity index (χ1) is 28.8. The van der Waals surface area contributed by atoms with Crippen LogP contribution in [0.1, 0.15) is 0 Å². The van der Waals surface area contributed by atoms with Crippen LogP contribution in [0.2, 0.25) is 0 Å². The molecule has 58 heavy (non-hydrogen) atoms. The Morgan fingerprint density at radius 1 is 0.362 bits per heavy atom. The van der Waals surface area contributed by atoms with E-state index >= 15 is 0 Å². The van der Waals surface area contributed by atoms with Crippen molar-refractivity contribution in [2.45, 2.75) is 0 Å². The summed E-state index contributed by atoms with van der Waals surface area (Å²) in [4.78, 5) is 2.39. The van der Waals surface area contributed by atoms with Crippen LogP contribution < -0.4 is 25.6 Å². The van der Waals surface area contributed by atoms with E-state index in [1.807, 2.05) is 17.4 Å². The van der Waals surface area contributed by atoms with Crippen molar-refractivity contribution in [2.24, 2.45) is 0 Å². The Hall–Kier alpha value is -6.98. The molecule has 0 N–H and O–H groups in total. The number of fused-ring (bicyclic) bond motifs is 7. The number of hydrogen-bond donors (Lipinski definition) is 0. The number of para-hydroxylation sites is 2. The van der Waals surface area contributed by atoms with Crippen LogP contribution in [0, 0.1) is 0 Å². The van der Waals surface area contributed by atoms with E-state index in [1.165, 1.54) is 52.0 Å². The Morgan fingerprint density at radius 2 is 0.862 bits per heavy atom. The molecule has 9 aromatic carbocycles. The number of benzene rings is 9. The Morgan fingerprint density at radius 3 is 1.48 bits per heavy atom. The predicted octanol–water partition coefficient (Wildman–Crippen LogP) is 12.5. The minimum absolute atomic E-state index is 0.915.